The fraction of sp³-hybridized carbons (Fsp3) is 0.280. The Bertz CT molecular complexity index is 1510. The molecule has 2 aromatic heterocycles. The number of hydrogen-bond acceptors (Lipinski definition) is 5. The maximum absolute atomic E-state index is 13.3. The minimum absolute atomic E-state index is 0.174. The molecule has 156 valence electrons. The van der Waals surface area contributed by atoms with E-state index in [-0.39, 0.29) is 11.1 Å². The summed E-state index contributed by atoms with van der Waals surface area (Å²) in [5.41, 5.74) is -0.348. The Hall–Kier alpha value is -2.80. The van der Waals surface area contributed by atoms with Crippen molar-refractivity contribution in [1.82, 2.24) is 9.47 Å². The van der Waals surface area contributed by atoms with Crippen LogP contribution in [0.4, 0.5) is 0 Å². The molecule has 0 spiro atoms. The summed E-state index contributed by atoms with van der Waals surface area (Å²) in [5.74, 6) is 0. The molecule has 0 amide bonds. The number of hydrogen-bond donors (Lipinski definition) is 0. The van der Waals surface area contributed by atoms with Gasteiger partial charge in [-0.05, 0) is 41.5 Å². The van der Waals surface area contributed by atoms with Gasteiger partial charge in [-0.3, -0.25) is 19.1 Å². The molecular weight excluding hydrogens is 408 g/mol. The van der Waals surface area contributed by atoms with E-state index in [1.165, 1.54) is 9.27 Å². The van der Waals surface area contributed by atoms with Gasteiger partial charge in [0.25, 0.3) is 11.1 Å². The number of nitrogens with zero attached hydrogens (tertiary/aromatic N) is 2. The van der Waals surface area contributed by atoms with Crippen LogP contribution < -0.4 is 11.1 Å². The molecular formula is C25H22N2O3S. The molecule has 1 aliphatic rings. The molecule has 3 aromatic carbocycles. The lowest BCUT2D eigenvalue weighted by Crippen LogP contribution is -2.38. The molecule has 5 nitrogen and oxygen atoms in total. The van der Waals surface area contributed by atoms with Crippen LogP contribution in [0.25, 0.3) is 41.7 Å². The topological polar surface area (TPSA) is 51.5 Å². The molecule has 0 N–H and O–H groups in total. The molecule has 1 aliphatic heterocycles. The molecule has 5 aromatic rings. The fourth-order valence-electron chi connectivity index (χ4n) is 4.89. The zero-order chi connectivity index (χ0) is 20.9. The summed E-state index contributed by atoms with van der Waals surface area (Å²) in [6, 6.07) is 16.2. The predicted molar refractivity (Wildman–Crippen MR) is 128 cm³/mol. The van der Waals surface area contributed by atoms with Crippen LogP contribution in [0.3, 0.4) is 0 Å². The van der Waals surface area contributed by atoms with E-state index in [1.807, 2.05) is 36.4 Å². The zero-order valence-electron chi connectivity index (χ0n) is 17.1. The second kappa shape index (κ2) is 7.41. The maximum Gasteiger partial charge on any atom is 0.261 e. The summed E-state index contributed by atoms with van der Waals surface area (Å²) in [7, 11) is 0. The third kappa shape index (κ3) is 2.97. The predicted octanol–water partition coefficient (Wildman–Crippen LogP) is 4.04. The number of pyridine rings is 1. The van der Waals surface area contributed by atoms with Gasteiger partial charge in [0, 0.05) is 57.1 Å². The summed E-state index contributed by atoms with van der Waals surface area (Å²) in [6.07, 6.45) is 0.773. The van der Waals surface area contributed by atoms with Crippen LogP contribution in [0, 0.1) is 0 Å². The van der Waals surface area contributed by atoms with Gasteiger partial charge in [-0.25, -0.2) is 0 Å². The Morgan fingerprint density at radius 3 is 2.26 bits per heavy atom. The first-order chi connectivity index (χ1) is 15.2. The molecule has 1 fully saturated rings. The van der Waals surface area contributed by atoms with Gasteiger partial charge in [0.1, 0.15) is 0 Å². The van der Waals surface area contributed by atoms with Crippen LogP contribution in [0.1, 0.15) is 6.42 Å². The van der Waals surface area contributed by atoms with Gasteiger partial charge in [0.15, 0.2) is 0 Å². The van der Waals surface area contributed by atoms with Gasteiger partial charge in [0.2, 0.25) is 0 Å². The van der Waals surface area contributed by atoms with Crippen molar-refractivity contribution in [3.8, 4) is 0 Å². The highest BCUT2D eigenvalue weighted by Gasteiger charge is 2.18. The number of ether oxygens (including phenoxy) is 1. The van der Waals surface area contributed by atoms with E-state index in [0.717, 1.165) is 65.5 Å². The lowest BCUT2D eigenvalue weighted by molar-refractivity contribution is 0.0369. The third-order valence-corrected chi connectivity index (χ3v) is 7.57. The van der Waals surface area contributed by atoms with E-state index in [2.05, 4.69) is 17.0 Å². The first kappa shape index (κ1) is 18.9. The van der Waals surface area contributed by atoms with Crippen molar-refractivity contribution in [3.63, 3.8) is 0 Å². The van der Waals surface area contributed by atoms with Gasteiger partial charge in [-0.1, -0.05) is 24.3 Å². The van der Waals surface area contributed by atoms with Crippen molar-refractivity contribution >= 4 is 53.1 Å². The van der Waals surface area contributed by atoms with Crippen molar-refractivity contribution in [2.45, 2.75) is 13.0 Å². The quantitative estimate of drug-likeness (QED) is 0.319. The molecule has 31 heavy (non-hydrogen) atoms. The maximum atomic E-state index is 13.3. The first-order valence-corrected chi connectivity index (χ1v) is 11.6. The normalized spacial score (nSPS) is 15.6. The number of morpholine rings is 1. The van der Waals surface area contributed by atoms with E-state index < -0.39 is 0 Å². The SMILES string of the molecule is O=c1c2ccc3sc4ccccc4c4ccc(c(=O)n1CCCN1CCOCC1)c2c34. The van der Waals surface area contributed by atoms with Crippen LogP contribution in [0.2, 0.25) is 0 Å². The van der Waals surface area contributed by atoms with E-state index in [0.29, 0.717) is 17.3 Å². The van der Waals surface area contributed by atoms with Gasteiger partial charge in [-0.15, -0.1) is 11.3 Å². The fourth-order valence-corrected chi connectivity index (χ4v) is 6.01. The van der Waals surface area contributed by atoms with Crippen LogP contribution >= 0.6 is 11.3 Å². The van der Waals surface area contributed by atoms with Crippen molar-refractivity contribution in [2.24, 2.45) is 0 Å². The van der Waals surface area contributed by atoms with E-state index >= 15 is 0 Å². The average Bonchev–Trinajstić information content (AvgIpc) is 2.81. The van der Waals surface area contributed by atoms with Crippen LogP contribution in [-0.2, 0) is 11.3 Å². The van der Waals surface area contributed by atoms with Crippen LogP contribution in [0.15, 0.2) is 58.1 Å². The second-order valence-electron chi connectivity index (χ2n) is 8.19. The molecule has 3 heterocycles. The zero-order valence-corrected chi connectivity index (χ0v) is 17.9. The molecule has 6 rings (SSSR count). The minimum Gasteiger partial charge on any atom is -0.379 e. The highest BCUT2D eigenvalue weighted by atomic mass is 32.1. The Labute approximate surface area is 182 Å². The number of aromatic nitrogens is 1. The molecule has 1 saturated heterocycles. The summed E-state index contributed by atoms with van der Waals surface area (Å²) in [6.45, 7) is 4.64. The lowest BCUT2D eigenvalue weighted by atomic mass is 9.98. The molecule has 0 saturated carbocycles. The van der Waals surface area contributed by atoms with E-state index in [1.54, 1.807) is 11.3 Å². The highest BCUT2D eigenvalue weighted by Crippen LogP contribution is 2.39. The summed E-state index contributed by atoms with van der Waals surface area (Å²) < 4.78 is 9.14. The van der Waals surface area contributed by atoms with Crippen LogP contribution in [-0.4, -0.2) is 42.3 Å². The lowest BCUT2D eigenvalue weighted by Gasteiger charge is -2.26. The Balaban J connectivity index is 1.51. The molecule has 0 bridgehead atoms. The largest absolute Gasteiger partial charge is 0.379 e. The van der Waals surface area contributed by atoms with Crippen LogP contribution in [0.5, 0.6) is 0 Å². The number of rotatable bonds is 4. The summed E-state index contributed by atoms with van der Waals surface area (Å²) in [4.78, 5) is 29.0. The van der Waals surface area contributed by atoms with Gasteiger partial charge < -0.3 is 4.74 Å². The minimum atomic E-state index is -0.174. The monoisotopic (exact) mass is 430 g/mol. The standard InChI is InChI=1S/C25H22N2O3S/c28-24-18-7-6-17-16-4-1-2-5-20(16)31-21-9-8-19(22(18)23(17)21)25(29)27(24)11-3-10-26-12-14-30-15-13-26/h1-2,4-9H,3,10-15H2. The van der Waals surface area contributed by atoms with Gasteiger partial charge in [-0.2, -0.15) is 0 Å². The molecule has 0 radical (unpaired) electrons. The molecule has 6 heteroatoms. The average molecular weight is 431 g/mol. The second-order valence-corrected chi connectivity index (χ2v) is 9.27. The Morgan fingerprint density at radius 1 is 0.742 bits per heavy atom. The smallest absolute Gasteiger partial charge is 0.261 e. The van der Waals surface area contributed by atoms with Crippen molar-refractivity contribution in [2.75, 3.05) is 32.8 Å². The van der Waals surface area contributed by atoms with Gasteiger partial charge >= 0.3 is 0 Å². The summed E-state index contributed by atoms with van der Waals surface area (Å²) in [5, 5.41) is 5.40. The number of fused-ring (bicyclic) bond motifs is 2. The Kier molecular flexibility index (Phi) is 4.52. The third-order valence-electron chi connectivity index (χ3n) is 6.43. The van der Waals surface area contributed by atoms with Crippen molar-refractivity contribution in [3.05, 3.63) is 69.2 Å². The van der Waals surface area contributed by atoms with Crippen molar-refractivity contribution < 1.29 is 4.74 Å². The van der Waals surface area contributed by atoms with E-state index in [9.17, 15) is 9.59 Å². The molecule has 0 atom stereocenters. The van der Waals surface area contributed by atoms with Crippen molar-refractivity contribution in [1.29, 1.82) is 0 Å². The van der Waals surface area contributed by atoms with Gasteiger partial charge in [0.05, 0.1) is 13.2 Å². The molecule has 0 aliphatic carbocycles. The number of benzene rings is 3. The highest BCUT2D eigenvalue weighted by molar-refractivity contribution is 7.25. The van der Waals surface area contributed by atoms with E-state index in [4.69, 9.17) is 4.74 Å². The summed E-state index contributed by atoms with van der Waals surface area (Å²) >= 11 is 1.71. The Morgan fingerprint density at radius 2 is 1.45 bits per heavy atom. The molecule has 0 unspecified atom stereocenters. The first-order valence-electron chi connectivity index (χ1n) is 10.8.